The van der Waals surface area contributed by atoms with Gasteiger partial charge >= 0.3 is 0 Å². The number of allylic oxidation sites excluding steroid dienone is 4. The second-order valence-corrected chi connectivity index (χ2v) is 14.1. The third kappa shape index (κ3) is 3.34. The summed E-state index contributed by atoms with van der Waals surface area (Å²) >= 11 is 0. The molecule has 2 saturated carbocycles. The van der Waals surface area contributed by atoms with Crippen LogP contribution in [-0.4, -0.2) is 23.7 Å². The average molecular weight is 528 g/mol. The largest absolute Gasteiger partial charge is 0.490 e. The summed E-state index contributed by atoms with van der Waals surface area (Å²) in [6.07, 6.45) is 4.90. The van der Waals surface area contributed by atoms with Crippen molar-refractivity contribution in [3.63, 3.8) is 0 Å². The summed E-state index contributed by atoms with van der Waals surface area (Å²) in [5.41, 5.74) is 4.58. The van der Waals surface area contributed by atoms with Gasteiger partial charge in [0.25, 0.3) is 0 Å². The maximum Gasteiger partial charge on any atom is 0.237 e. The van der Waals surface area contributed by atoms with Crippen molar-refractivity contribution in [3.8, 4) is 5.75 Å². The molecule has 2 amide bonds. The molecule has 1 aromatic rings. The van der Waals surface area contributed by atoms with E-state index in [2.05, 4.69) is 52.9 Å². The van der Waals surface area contributed by atoms with E-state index >= 15 is 4.79 Å². The van der Waals surface area contributed by atoms with Crippen LogP contribution in [0.2, 0.25) is 0 Å². The first-order chi connectivity index (χ1) is 18.5. The zero-order chi connectivity index (χ0) is 27.5. The molecule has 5 nitrogen and oxygen atoms in total. The number of nitrogens with one attached hydrogen (secondary N) is 1. The minimum absolute atomic E-state index is 0.0356. The zero-order valence-electron chi connectivity index (χ0n) is 24.0. The van der Waals surface area contributed by atoms with E-state index in [4.69, 9.17) is 4.74 Å². The number of hydrogen-bond donors (Lipinski definition) is 1. The molecular weight excluding hydrogens is 486 g/mol. The number of imide groups is 1. The molecule has 3 fully saturated rings. The molecule has 4 aliphatic carbocycles. The summed E-state index contributed by atoms with van der Waals surface area (Å²) in [4.78, 5) is 41.5. The lowest BCUT2D eigenvalue weighted by Gasteiger charge is -2.49. The predicted octanol–water partition coefficient (Wildman–Crippen LogP) is 5.54. The third-order valence-electron chi connectivity index (χ3n) is 11.9. The number of Topliss-reactive ketones (excluding diaryl/α,β-unsaturated/α-hetero) is 1. The second kappa shape index (κ2) is 8.41. The van der Waals surface area contributed by atoms with Crippen molar-refractivity contribution in [3.05, 3.63) is 52.6 Å². The lowest BCUT2D eigenvalue weighted by Crippen LogP contribution is -2.52. The van der Waals surface area contributed by atoms with Crippen LogP contribution in [0, 0.1) is 64.6 Å². The molecule has 3 heterocycles. The summed E-state index contributed by atoms with van der Waals surface area (Å²) < 4.78 is 7.02. The van der Waals surface area contributed by atoms with Crippen molar-refractivity contribution >= 4 is 17.6 Å². The topological polar surface area (TPSA) is 72.5 Å². The minimum Gasteiger partial charge on any atom is -0.490 e. The highest BCUT2D eigenvalue weighted by Crippen LogP contribution is 2.67. The molecule has 2 bridgehead atoms. The highest BCUT2D eigenvalue weighted by molar-refractivity contribution is 6.16. The smallest absolute Gasteiger partial charge is 0.237 e. The molecule has 0 spiro atoms. The molecular formula is C34H41NO4. The van der Waals surface area contributed by atoms with E-state index in [1.54, 1.807) is 0 Å². The van der Waals surface area contributed by atoms with Gasteiger partial charge in [-0.2, -0.15) is 0 Å². The fourth-order valence-corrected chi connectivity index (χ4v) is 10.7. The summed E-state index contributed by atoms with van der Waals surface area (Å²) in [7, 11) is 0. The molecule has 3 aliphatic heterocycles. The third-order valence-corrected chi connectivity index (χ3v) is 11.9. The van der Waals surface area contributed by atoms with E-state index < -0.39 is 29.1 Å². The molecule has 5 heteroatoms. The van der Waals surface area contributed by atoms with E-state index in [0.717, 1.165) is 17.7 Å². The summed E-state index contributed by atoms with van der Waals surface area (Å²) in [6, 6.07) is 8.05. The Bertz CT molecular complexity index is 1340. The average Bonchev–Trinajstić information content (AvgIpc) is 3.40. The summed E-state index contributed by atoms with van der Waals surface area (Å²) in [5.74, 6) is 0.416. The lowest BCUT2D eigenvalue weighted by molar-refractivity contribution is -0.141. The number of ketones is 1. The second-order valence-electron chi connectivity index (χ2n) is 14.1. The van der Waals surface area contributed by atoms with Crippen LogP contribution >= 0.6 is 0 Å². The van der Waals surface area contributed by atoms with Gasteiger partial charge < -0.3 is 4.74 Å². The van der Waals surface area contributed by atoms with Gasteiger partial charge in [-0.05, 0) is 80.4 Å². The predicted molar refractivity (Wildman–Crippen MR) is 148 cm³/mol. The van der Waals surface area contributed by atoms with Gasteiger partial charge in [-0.1, -0.05) is 62.6 Å². The molecule has 8 rings (SSSR count). The first kappa shape index (κ1) is 25.3. The van der Waals surface area contributed by atoms with E-state index in [9.17, 15) is 9.59 Å². The monoisotopic (exact) mass is 527 g/mol. The number of carbonyl (C=O) groups is 3. The Hall–Kier alpha value is -2.69. The molecule has 7 aliphatic rings. The van der Waals surface area contributed by atoms with Crippen LogP contribution in [0.5, 0.6) is 5.75 Å². The van der Waals surface area contributed by atoms with Gasteiger partial charge in [0.15, 0.2) is 5.78 Å². The molecule has 0 aromatic heterocycles. The molecule has 206 valence electrons. The van der Waals surface area contributed by atoms with Crippen molar-refractivity contribution in [2.45, 2.75) is 66.9 Å². The Balaban J connectivity index is 1.49. The minimum atomic E-state index is -0.956. The van der Waals surface area contributed by atoms with Gasteiger partial charge in [0.05, 0.1) is 5.92 Å². The standard InChI is InChI=1S/C34H41NO4/c1-15-11-16(2)24-22(12-15)25-19(5)28-18(4)17(3)14-34(28,6)29-27(25)31(24)39-21-9-7-20(8-10-21)13-23-26(30(29)36)33(38)35-32(23)37/h7-10,14-16,18,22-27,29,31H,11-13H2,1-6H3,(H,35,37,38)/t15-,16+,18-,22-,23+,24-,25-,26-,27+,29+,31-,34-/m0/s1. The number of hydrogen-bond acceptors (Lipinski definition) is 4. The normalized spacial score (nSPS) is 46.4. The SMILES string of the molecule is CC1=C[C@@]2(C)C(=C(C)[C@H]3[C@H]4C[C@@H](C)C[C@@H](C)[C@@H]4[C@@H]4Oc5ccc(cc5)C[C@H]5C(=O)NC(=O)[C@@H]5C(=O)[C@H]2[C@H]43)[C@H]1C. The van der Waals surface area contributed by atoms with E-state index in [0.29, 0.717) is 30.1 Å². The first-order valence-corrected chi connectivity index (χ1v) is 15.1. The van der Waals surface area contributed by atoms with Crippen LogP contribution in [0.3, 0.4) is 0 Å². The number of fused-ring (bicyclic) bond motifs is 5. The summed E-state index contributed by atoms with van der Waals surface area (Å²) in [6.45, 7) is 13.8. The highest BCUT2D eigenvalue weighted by atomic mass is 16.5. The molecule has 1 N–H and O–H groups in total. The first-order valence-electron chi connectivity index (χ1n) is 15.1. The zero-order valence-corrected chi connectivity index (χ0v) is 24.0. The number of amides is 2. The maximum absolute atomic E-state index is 15.0. The van der Waals surface area contributed by atoms with E-state index in [-0.39, 0.29) is 35.5 Å². The Labute approximate surface area is 231 Å². The quantitative estimate of drug-likeness (QED) is 0.273. The van der Waals surface area contributed by atoms with Crippen LogP contribution in [0.25, 0.3) is 0 Å². The van der Waals surface area contributed by atoms with Crippen LogP contribution in [-0.2, 0) is 20.8 Å². The Morgan fingerprint density at radius 3 is 2.38 bits per heavy atom. The number of rotatable bonds is 0. The van der Waals surface area contributed by atoms with E-state index in [1.165, 1.54) is 23.1 Å². The lowest BCUT2D eigenvalue weighted by atomic mass is 9.53. The Morgan fingerprint density at radius 1 is 0.949 bits per heavy atom. The molecule has 39 heavy (non-hydrogen) atoms. The van der Waals surface area contributed by atoms with Crippen molar-refractivity contribution in [2.75, 3.05) is 0 Å². The van der Waals surface area contributed by atoms with Gasteiger partial charge in [0, 0.05) is 23.2 Å². The van der Waals surface area contributed by atoms with Gasteiger partial charge in [0.2, 0.25) is 11.8 Å². The molecule has 0 radical (unpaired) electrons. The number of benzene rings is 1. The van der Waals surface area contributed by atoms with Gasteiger partial charge in [-0.3, -0.25) is 19.7 Å². The Morgan fingerprint density at radius 2 is 1.67 bits per heavy atom. The fourth-order valence-electron chi connectivity index (χ4n) is 10.7. The van der Waals surface area contributed by atoms with Crippen molar-refractivity contribution < 1.29 is 19.1 Å². The summed E-state index contributed by atoms with van der Waals surface area (Å²) in [5, 5.41) is 2.55. The Kier molecular flexibility index (Phi) is 5.45. The van der Waals surface area contributed by atoms with Crippen LogP contribution in [0.15, 0.2) is 47.1 Å². The van der Waals surface area contributed by atoms with Crippen molar-refractivity contribution in [2.24, 2.45) is 64.6 Å². The van der Waals surface area contributed by atoms with Gasteiger partial charge in [-0.15, -0.1) is 0 Å². The van der Waals surface area contributed by atoms with Crippen LogP contribution in [0.4, 0.5) is 0 Å². The number of ether oxygens (including phenoxy) is 1. The van der Waals surface area contributed by atoms with Crippen molar-refractivity contribution in [1.82, 2.24) is 5.32 Å². The molecule has 0 unspecified atom stereocenters. The van der Waals surface area contributed by atoms with Crippen molar-refractivity contribution in [1.29, 1.82) is 0 Å². The van der Waals surface area contributed by atoms with E-state index in [1.807, 2.05) is 24.3 Å². The highest BCUT2D eigenvalue weighted by Gasteiger charge is 2.67. The van der Waals surface area contributed by atoms with Crippen LogP contribution < -0.4 is 10.1 Å². The fraction of sp³-hybridized carbons (Fsp3) is 0.618. The van der Waals surface area contributed by atoms with Crippen LogP contribution in [0.1, 0.15) is 59.9 Å². The van der Waals surface area contributed by atoms with Gasteiger partial charge in [-0.25, -0.2) is 0 Å². The maximum atomic E-state index is 15.0. The molecule has 1 aromatic carbocycles. The molecule has 1 saturated heterocycles. The van der Waals surface area contributed by atoms with Gasteiger partial charge in [0.1, 0.15) is 17.8 Å². The number of carbonyl (C=O) groups excluding carboxylic acids is 3. The molecule has 12 atom stereocenters.